The number of hydrogen-bond acceptors (Lipinski definition) is 4. The number of carboxylic acid groups (broad SMARTS) is 1. The van der Waals surface area contributed by atoms with E-state index in [2.05, 4.69) is 35.5 Å². The third kappa shape index (κ3) is 5.07. The topological polar surface area (TPSA) is 95.9 Å². The summed E-state index contributed by atoms with van der Waals surface area (Å²) in [4.78, 5) is 37.7. The number of aliphatic carboxylic acids is 1. The first kappa shape index (κ1) is 23.4. The molecule has 2 aromatic carbocycles. The third-order valence-electron chi connectivity index (χ3n) is 6.61. The molecular weight excluding hydrogens is 432 g/mol. The van der Waals surface area contributed by atoms with Crippen LogP contribution in [-0.4, -0.2) is 53.7 Å². The van der Waals surface area contributed by atoms with Crippen molar-refractivity contribution in [2.75, 3.05) is 19.7 Å². The quantitative estimate of drug-likeness (QED) is 0.615. The third-order valence-corrected chi connectivity index (χ3v) is 6.61. The molecule has 2 amide bonds. The lowest BCUT2D eigenvalue weighted by atomic mass is 9.85. The predicted molar refractivity (Wildman–Crippen MR) is 127 cm³/mol. The molecule has 0 bridgehead atoms. The molecule has 1 saturated carbocycles. The van der Waals surface area contributed by atoms with E-state index in [1.54, 1.807) is 0 Å². The van der Waals surface area contributed by atoms with Crippen LogP contribution in [0, 0.1) is 18.3 Å². The van der Waals surface area contributed by atoms with E-state index in [4.69, 9.17) is 16.3 Å². The van der Waals surface area contributed by atoms with Crippen LogP contribution in [0.25, 0.3) is 11.1 Å². The van der Waals surface area contributed by atoms with Gasteiger partial charge in [-0.1, -0.05) is 60.9 Å². The number of ether oxygens (including phenoxy) is 1. The summed E-state index contributed by atoms with van der Waals surface area (Å²) in [6, 6.07) is 16.1. The van der Waals surface area contributed by atoms with Gasteiger partial charge in [0.15, 0.2) is 0 Å². The van der Waals surface area contributed by atoms with Crippen LogP contribution in [0.1, 0.15) is 42.7 Å². The Balaban J connectivity index is 1.34. The van der Waals surface area contributed by atoms with Gasteiger partial charge >= 0.3 is 12.1 Å². The second-order valence-corrected chi connectivity index (χ2v) is 8.82. The molecule has 7 nitrogen and oxygen atoms in total. The Labute approximate surface area is 199 Å². The van der Waals surface area contributed by atoms with Gasteiger partial charge in [-0.25, -0.2) is 4.79 Å². The zero-order valence-electron chi connectivity index (χ0n) is 18.9. The summed E-state index contributed by atoms with van der Waals surface area (Å²) in [7, 11) is 0. The minimum absolute atomic E-state index is 0.0211. The Morgan fingerprint density at radius 1 is 1.06 bits per heavy atom. The van der Waals surface area contributed by atoms with Crippen LogP contribution in [0.5, 0.6) is 0 Å². The van der Waals surface area contributed by atoms with E-state index >= 15 is 0 Å². The standard InChI is InChI=1S/C27H28N2O5/c1-2-14-29(16-25(30)31)26(32)18-8-7-9-19(15-18)28-27(33)34-17-24-22-12-5-3-10-20(22)21-11-4-6-13-23(21)24/h1,3-6,10-13,18-19,24H,7-9,14-17H2,(H,28,33)(H,30,31)/t18-,19+/m0/s1. The average molecular weight is 461 g/mol. The van der Waals surface area contributed by atoms with Gasteiger partial charge in [0, 0.05) is 17.9 Å². The van der Waals surface area contributed by atoms with Crippen LogP contribution in [0.2, 0.25) is 0 Å². The van der Waals surface area contributed by atoms with Crippen LogP contribution < -0.4 is 5.32 Å². The number of carbonyl (C=O) groups excluding carboxylic acids is 2. The molecule has 2 aliphatic rings. The Morgan fingerprint density at radius 2 is 1.71 bits per heavy atom. The minimum atomic E-state index is -1.10. The Morgan fingerprint density at radius 3 is 2.32 bits per heavy atom. The molecule has 176 valence electrons. The molecule has 0 radical (unpaired) electrons. The summed E-state index contributed by atoms with van der Waals surface area (Å²) in [6.07, 6.45) is 7.36. The van der Waals surface area contributed by atoms with E-state index in [0.717, 1.165) is 24.0 Å². The van der Waals surface area contributed by atoms with Crippen molar-refractivity contribution in [1.29, 1.82) is 0 Å². The molecule has 1 fully saturated rings. The largest absolute Gasteiger partial charge is 0.480 e. The van der Waals surface area contributed by atoms with Gasteiger partial charge in [-0.05, 0) is 41.5 Å². The number of nitrogens with zero attached hydrogens (tertiary/aromatic N) is 1. The number of amides is 2. The van der Waals surface area contributed by atoms with Crippen LogP contribution in [0.15, 0.2) is 48.5 Å². The van der Waals surface area contributed by atoms with Crippen molar-refractivity contribution in [3.05, 3.63) is 59.7 Å². The van der Waals surface area contributed by atoms with Gasteiger partial charge in [-0.2, -0.15) is 0 Å². The molecule has 4 rings (SSSR count). The van der Waals surface area contributed by atoms with Gasteiger partial charge < -0.3 is 20.1 Å². The van der Waals surface area contributed by atoms with Crippen molar-refractivity contribution in [2.24, 2.45) is 5.92 Å². The second-order valence-electron chi connectivity index (χ2n) is 8.82. The zero-order valence-corrected chi connectivity index (χ0v) is 18.9. The summed E-state index contributed by atoms with van der Waals surface area (Å²) in [5.74, 6) is 0.568. The highest BCUT2D eigenvalue weighted by Crippen LogP contribution is 2.44. The van der Waals surface area contributed by atoms with Crippen molar-refractivity contribution in [3.8, 4) is 23.5 Å². The molecule has 2 N–H and O–H groups in total. The lowest BCUT2D eigenvalue weighted by molar-refractivity contribution is -0.146. The Kier molecular flexibility index (Phi) is 7.17. The summed E-state index contributed by atoms with van der Waals surface area (Å²) >= 11 is 0. The molecule has 0 aromatic heterocycles. The van der Waals surface area contributed by atoms with Crippen molar-refractivity contribution in [2.45, 2.75) is 37.6 Å². The SMILES string of the molecule is C#CCN(CC(=O)O)C(=O)[C@H]1CCC[C@@H](NC(=O)OCC2c3ccccc3-c3ccccc32)C1. The number of benzene rings is 2. The van der Waals surface area contributed by atoms with Gasteiger partial charge in [0.2, 0.25) is 5.91 Å². The smallest absolute Gasteiger partial charge is 0.407 e. The molecule has 0 unspecified atom stereocenters. The molecule has 2 atom stereocenters. The van der Waals surface area contributed by atoms with Gasteiger partial charge in [-0.15, -0.1) is 6.42 Å². The van der Waals surface area contributed by atoms with Crippen molar-refractivity contribution in [1.82, 2.24) is 10.2 Å². The summed E-state index contributed by atoms with van der Waals surface area (Å²) in [5, 5.41) is 12.0. The van der Waals surface area contributed by atoms with E-state index in [0.29, 0.717) is 12.8 Å². The minimum Gasteiger partial charge on any atom is -0.480 e. The second kappa shape index (κ2) is 10.4. The Bertz CT molecular complexity index is 1080. The Hall–Kier alpha value is -3.79. The molecule has 0 spiro atoms. The van der Waals surface area contributed by atoms with Crippen molar-refractivity contribution < 1.29 is 24.2 Å². The first-order valence-electron chi connectivity index (χ1n) is 11.5. The predicted octanol–water partition coefficient (Wildman–Crippen LogP) is 3.63. The van der Waals surface area contributed by atoms with E-state index < -0.39 is 18.6 Å². The van der Waals surface area contributed by atoms with Gasteiger partial charge in [-0.3, -0.25) is 9.59 Å². The number of carboxylic acids is 1. The zero-order chi connectivity index (χ0) is 24.1. The monoisotopic (exact) mass is 460 g/mol. The molecule has 7 heteroatoms. The summed E-state index contributed by atoms with van der Waals surface area (Å²) in [6.45, 7) is -0.250. The maximum absolute atomic E-state index is 12.8. The summed E-state index contributed by atoms with van der Waals surface area (Å²) < 4.78 is 5.63. The molecule has 0 heterocycles. The molecule has 0 aliphatic heterocycles. The molecule has 34 heavy (non-hydrogen) atoms. The highest BCUT2D eigenvalue weighted by molar-refractivity contribution is 5.83. The number of carbonyl (C=O) groups is 3. The number of rotatable bonds is 7. The van der Waals surface area contributed by atoms with Gasteiger partial charge in [0.05, 0.1) is 6.54 Å². The fraction of sp³-hybridized carbons (Fsp3) is 0.370. The number of nitrogens with one attached hydrogen (secondary N) is 1. The van der Waals surface area contributed by atoms with Crippen LogP contribution >= 0.6 is 0 Å². The van der Waals surface area contributed by atoms with Crippen molar-refractivity contribution >= 4 is 18.0 Å². The van der Waals surface area contributed by atoms with Crippen molar-refractivity contribution in [3.63, 3.8) is 0 Å². The number of terminal acetylenes is 1. The molecule has 0 saturated heterocycles. The van der Waals surface area contributed by atoms with Gasteiger partial charge in [0.1, 0.15) is 13.2 Å². The fourth-order valence-electron chi connectivity index (χ4n) is 5.10. The fourth-order valence-corrected chi connectivity index (χ4v) is 5.10. The van der Waals surface area contributed by atoms with Crippen LogP contribution in [0.3, 0.4) is 0 Å². The van der Waals surface area contributed by atoms with E-state index in [1.165, 1.54) is 16.0 Å². The highest BCUT2D eigenvalue weighted by atomic mass is 16.5. The van der Waals surface area contributed by atoms with Gasteiger partial charge in [0.25, 0.3) is 0 Å². The van der Waals surface area contributed by atoms with E-state index in [9.17, 15) is 14.4 Å². The average Bonchev–Trinajstić information content (AvgIpc) is 3.16. The van der Waals surface area contributed by atoms with E-state index in [-0.39, 0.29) is 36.9 Å². The maximum Gasteiger partial charge on any atom is 0.407 e. The van der Waals surface area contributed by atoms with E-state index in [1.807, 2.05) is 24.3 Å². The molecular formula is C27H28N2O5. The lowest BCUT2D eigenvalue weighted by Crippen LogP contribution is -2.45. The summed E-state index contributed by atoms with van der Waals surface area (Å²) in [5.41, 5.74) is 4.62. The molecule has 2 aliphatic carbocycles. The lowest BCUT2D eigenvalue weighted by Gasteiger charge is -2.31. The molecule has 2 aromatic rings. The first-order valence-corrected chi connectivity index (χ1v) is 11.5. The number of hydrogen-bond donors (Lipinski definition) is 2. The van der Waals surface area contributed by atoms with Crippen LogP contribution in [-0.2, 0) is 14.3 Å². The number of alkyl carbamates (subject to hydrolysis) is 1. The normalized spacial score (nSPS) is 18.8. The highest BCUT2D eigenvalue weighted by Gasteiger charge is 2.33. The maximum atomic E-state index is 12.8. The number of fused-ring (bicyclic) bond motifs is 3. The first-order chi connectivity index (χ1) is 16.5. The van der Waals surface area contributed by atoms with Crippen LogP contribution in [0.4, 0.5) is 4.79 Å².